The summed E-state index contributed by atoms with van der Waals surface area (Å²) in [5.41, 5.74) is 1.42. The summed E-state index contributed by atoms with van der Waals surface area (Å²) < 4.78 is 66.6. The molecule has 1 amide bonds. The van der Waals surface area contributed by atoms with Gasteiger partial charge < -0.3 is 5.32 Å². The number of carbonyl (C=O) groups is 1. The predicted molar refractivity (Wildman–Crippen MR) is 111 cm³/mol. The Morgan fingerprint density at radius 3 is 2.42 bits per heavy atom. The average Bonchev–Trinajstić information content (AvgIpc) is 2.69. The molecule has 0 bridgehead atoms. The molecule has 0 aliphatic heterocycles. The summed E-state index contributed by atoms with van der Waals surface area (Å²) in [5, 5.41) is 2.61. The summed E-state index contributed by atoms with van der Waals surface area (Å²) in [6, 6.07) is 10.2. The van der Waals surface area contributed by atoms with E-state index in [2.05, 4.69) is 15.0 Å². The second-order valence-corrected chi connectivity index (χ2v) is 8.49. The van der Waals surface area contributed by atoms with Crippen LogP contribution in [0.1, 0.15) is 18.1 Å². The molecule has 3 rings (SSSR count). The van der Waals surface area contributed by atoms with Crippen LogP contribution in [0, 0.1) is 6.92 Å². The third-order valence-electron chi connectivity index (χ3n) is 4.35. The Morgan fingerprint density at radius 2 is 1.74 bits per heavy atom. The summed E-state index contributed by atoms with van der Waals surface area (Å²) in [4.78, 5) is 14.8. The van der Waals surface area contributed by atoms with Gasteiger partial charge >= 0.3 is 6.18 Å². The van der Waals surface area contributed by atoms with Gasteiger partial charge in [-0.2, -0.15) is 13.2 Å². The highest BCUT2D eigenvalue weighted by atomic mass is 32.2. The van der Waals surface area contributed by atoms with Crippen LogP contribution >= 0.6 is 0 Å². The van der Waals surface area contributed by atoms with Crippen molar-refractivity contribution in [3.8, 4) is 11.1 Å². The van der Waals surface area contributed by atoms with Crippen LogP contribution in [0.4, 0.5) is 24.5 Å². The van der Waals surface area contributed by atoms with E-state index in [9.17, 15) is 26.4 Å². The van der Waals surface area contributed by atoms with Crippen molar-refractivity contribution < 1.29 is 26.4 Å². The van der Waals surface area contributed by atoms with Crippen molar-refractivity contribution in [2.24, 2.45) is 0 Å². The first kappa shape index (κ1) is 22.3. The molecule has 0 aliphatic carbocycles. The fraction of sp³-hybridized carbons (Fsp3) is 0.143. The van der Waals surface area contributed by atoms with Crippen LogP contribution in [0.2, 0.25) is 0 Å². The van der Waals surface area contributed by atoms with Crippen LogP contribution in [-0.4, -0.2) is 19.3 Å². The van der Waals surface area contributed by atoms with Crippen LogP contribution in [0.3, 0.4) is 0 Å². The van der Waals surface area contributed by atoms with Gasteiger partial charge in [-0.15, -0.1) is 0 Å². The molecule has 0 saturated heterocycles. The Bertz CT molecular complexity index is 1240. The van der Waals surface area contributed by atoms with Crippen molar-refractivity contribution in [1.29, 1.82) is 0 Å². The maximum absolute atomic E-state index is 13.0. The quantitative estimate of drug-likeness (QED) is 0.584. The molecular weight excluding hydrogens is 431 g/mol. The third kappa shape index (κ3) is 5.40. The molecule has 0 radical (unpaired) electrons. The van der Waals surface area contributed by atoms with Gasteiger partial charge in [0.1, 0.15) is 0 Å². The second-order valence-electron chi connectivity index (χ2n) is 6.80. The minimum Gasteiger partial charge on any atom is -0.325 e. The van der Waals surface area contributed by atoms with E-state index in [0.29, 0.717) is 28.4 Å². The normalized spacial score (nSPS) is 11.8. The van der Waals surface area contributed by atoms with E-state index in [1.165, 1.54) is 13.1 Å². The first-order valence-corrected chi connectivity index (χ1v) is 10.5. The van der Waals surface area contributed by atoms with Gasteiger partial charge in [0.25, 0.3) is 10.0 Å². The van der Waals surface area contributed by atoms with E-state index in [1.807, 2.05) is 0 Å². The molecule has 0 spiro atoms. The first-order chi connectivity index (χ1) is 14.5. The van der Waals surface area contributed by atoms with E-state index in [4.69, 9.17) is 0 Å². The number of hydrogen-bond donors (Lipinski definition) is 2. The fourth-order valence-electron chi connectivity index (χ4n) is 2.82. The molecule has 1 heterocycles. The van der Waals surface area contributed by atoms with Crippen LogP contribution < -0.4 is 10.0 Å². The van der Waals surface area contributed by atoms with E-state index in [-0.39, 0.29) is 11.6 Å². The Kier molecular flexibility index (Phi) is 6.03. The molecule has 2 N–H and O–H groups in total. The average molecular weight is 449 g/mol. The summed E-state index contributed by atoms with van der Waals surface area (Å²) in [6.45, 7) is 3.03. The minimum absolute atomic E-state index is 0.208. The van der Waals surface area contributed by atoms with Crippen molar-refractivity contribution in [1.82, 2.24) is 4.98 Å². The predicted octanol–water partition coefficient (Wildman–Crippen LogP) is 4.84. The number of benzene rings is 2. The molecule has 162 valence electrons. The topological polar surface area (TPSA) is 88.2 Å². The standard InChI is InChI=1S/C21H18F3N3O3S/c1-13-6-7-15(16-8-18(12-25-11-16)26-14(2)28)9-20(13)27-31(29,30)19-5-3-4-17(10-19)21(22,23)24/h3-12,27H,1-2H3,(H,26,28). The van der Waals surface area contributed by atoms with Gasteiger partial charge in [0, 0.05) is 18.7 Å². The van der Waals surface area contributed by atoms with Gasteiger partial charge in [-0.3, -0.25) is 14.5 Å². The lowest BCUT2D eigenvalue weighted by molar-refractivity contribution is -0.137. The molecule has 0 saturated carbocycles. The first-order valence-electron chi connectivity index (χ1n) is 8.99. The van der Waals surface area contributed by atoms with Gasteiger partial charge in [0.05, 0.1) is 28.0 Å². The van der Waals surface area contributed by atoms with E-state index < -0.39 is 26.7 Å². The number of aryl methyl sites for hydroxylation is 1. The van der Waals surface area contributed by atoms with Crippen molar-refractivity contribution >= 4 is 27.3 Å². The zero-order valence-corrected chi connectivity index (χ0v) is 17.3. The maximum atomic E-state index is 13.0. The van der Waals surface area contributed by atoms with Gasteiger partial charge in [-0.25, -0.2) is 8.42 Å². The monoisotopic (exact) mass is 449 g/mol. The van der Waals surface area contributed by atoms with Gasteiger partial charge in [0.2, 0.25) is 5.91 Å². The minimum atomic E-state index is -4.66. The highest BCUT2D eigenvalue weighted by Gasteiger charge is 2.31. The largest absolute Gasteiger partial charge is 0.416 e. The Morgan fingerprint density at radius 1 is 1.00 bits per heavy atom. The lowest BCUT2D eigenvalue weighted by atomic mass is 10.0. The molecule has 3 aromatic rings. The number of alkyl halides is 3. The lowest BCUT2D eigenvalue weighted by Crippen LogP contribution is -2.15. The second kappa shape index (κ2) is 8.38. The van der Waals surface area contributed by atoms with Crippen molar-refractivity contribution in [2.75, 3.05) is 10.0 Å². The van der Waals surface area contributed by atoms with Crippen LogP contribution in [-0.2, 0) is 21.0 Å². The number of hydrogen-bond acceptors (Lipinski definition) is 4. The molecule has 6 nitrogen and oxygen atoms in total. The van der Waals surface area contributed by atoms with Crippen LogP contribution in [0.25, 0.3) is 11.1 Å². The third-order valence-corrected chi connectivity index (χ3v) is 5.71. The number of aromatic nitrogens is 1. The van der Waals surface area contributed by atoms with Gasteiger partial charge in [0.15, 0.2) is 0 Å². The SMILES string of the molecule is CC(=O)Nc1cncc(-c2ccc(C)c(NS(=O)(=O)c3cccc(C(F)(F)F)c3)c2)c1. The van der Waals surface area contributed by atoms with E-state index in [1.54, 1.807) is 37.4 Å². The van der Waals surface area contributed by atoms with Crippen LogP contribution in [0.15, 0.2) is 65.8 Å². The Hall–Kier alpha value is -3.40. The lowest BCUT2D eigenvalue weighted by Gasteiger charge is -2.14. The number of carbonyl (C=O) groups excluding carboxylic acids is 1. The number of nitrogens with one attached hydrogen (secondary N) is 2. The van der Waals surface area contributed by atoms with Crippen molar-refractivity contribution in [3.05, 3.63) is 72.1 Å². The van der Waals surface area contributed by atoms with Crippen molar-refractivity contribution in [3.63, 3.8) is 0 Å². The molecule has 2 aromatic carbocycles. The highest BCUT2D eigenvalue weighted by molar-refractivity contribution is 7.92. The Labute approximate surface area is 177 Å². The maximum Gasteiger partial charge on any atom is 0.416 e. The van der Waals surface area contributed by atoms with Gasteiger partial charge in [-0.05, 0) is 48.4 Å². The molecule has 31 heavy (non-hydrogen) atoms. The molecule has 0 fully saturated rings. The number of anilines is 2. The number of sulfonamides is 1. The molecular formula is C21H18F3N3O3S. The molecule has 10 heteroatoms. The number of pyridine rings is 1. The number of halogens is 3. The van der Waals surface area contributed by atoms with Crippen molar-refractivity contribution in [2.45, 2.75) is 24.9 Å². The fourth-order valence-corrected chi connectivity index (χ4v) is 3.99. The number of rotatable bonds is 5. The zero-order valence-electron chi connectivity index (χ0n) is 16.5. The van der Waals surface area contributed by atoms with E-state index in [0.717, 1.165) is 18.2 Å². The highest BCUT2D eigenvalue weighted by Crippen LogP contribution is 2.32. The number of nitrogens with zero attached hydrogens (tertiary/aromatic N) is 1. The molecule has 1 aromatic heterocycles. The summed E-state index contributed by atoms with van der Waals surface area (Å²) in [7, 11) is -4.26. The number of amides is 1. The van der Waals surface area contributed by atoms with Crippen LogP contribution in [0.5, 0.6) is 0 Å². The Balaban J connectivity index is 1.95. The van der Waals surface area contributed by atoms with E-state index >= 15 is 0 Å². The summed E-state index contributed by atoms with van der Waals surface area (Å²) in [6.07, 6.45) is -1.65. The van der Waals surface area contributed by atoms with Gasteiger partial charge in [-0.1, -0.05) is 18.2 Å². The summed E-state index contributed by atoms with van der Waals surface area (Å²) in [5.74, 6) is -0.266. The molecule has 0 unspecified atom stereocenters. The smallest absolute Gasteiger partial charge is 0.325 e. The molecule has 0 aliphatic rings. The molecule has 0 atom stereocenters. The zero-order chi connectivity index (χ0) is 22.8. The summed E-state index contributed by atoms with van der Waals surface area (Å²) >= 11 is 0.